The minimum absolute atomic E-state index is 0.0209. The van der Waals surface area contributed by atoms with Crippen LogP contribution in [0.4, 0.5) is 9.18 Å². The molecule has 142 valence electrons. The van der Waals surface area contributed by atoms with E-state index in [1.54, 1.807) is 0 Å². The zero-order valence-electron chi connectivity index (χ0n) is 14.2. The van der Waals surface area contributed by atoms with Gasteiger partial charge in [0.2, 0.25) is 0 Å². The topological polar surface area (TPSA) is 74.7 Å². The van der Waals surface area contributed by atoms with E-state index < -0.39 is 32.5 Å². The fraction of sp³-hybridized carbons (Fsp3) is 0.316. The van der Waals surface area contributed by atoms with Crippen LogP contribution in [0.15, 0.2) is 47.4 Å². The molecule has 0 spiro atoms. The molecule has 2 aromatic rings. The number of likely N-dealkylation sites (tertiary alicyclic amines) is 1. The summed E-state index contributed by atoms with van der Waals surface area (Å²) in [5.74, 6) is -0.514. The van der Waals surface area contributed by atoms with Gasteiger partial charge in [0.1, 0.15) is 10.6 Å². The molecule has 4 rings (SSSR count). The van der Waals surface area contributed by atoms with E-state index >= 15 is 0 Å². The van der Waals surface area contributed by atoms with Gasteiger partial charge in [-0.05, 0) is 89.4 Å². The molecule has 2 aromatic carbocycles. The normalized spacial score (nSPS) is 24.4. The molecule has 1 saturated heterocycles. The van der Waals surface area contributed by atoms with Crippen molar-refractivity contribution in [2.24, 2.45) is 0 Å². The Morgan fingerprint density at radius 3 is 2.59 bits per heavy atom. The molecule has 1 N–H and O–H groups in total. The van der Waals surface area contributed by atoms with Gasteiger partial charge in [-0.25, -0.2) is 17.6 Å². The quantitative estimate of drug-likeness (QED) is 0.502. The third-order valence-corrected chi connectivity index (χ3v) is 8.92. The molecule has 5 nitrogen and oxygen atoms in total. The summed E-state index contributed by atoms with van der Waals surface area (Å²) in [5, 5.41) is 9.61. The van der Waals surface area contributed by atoms with Crippen LogP contribution in [0.2, 0.25) is 0 Å². The highest BCUT2D eigenvalue weighted by atomic mass is 127. The summed E-state index contributed by atoms with van der Waals surface area (Å²) in [6, 6.07) is 9.76. The zero-order chi connectivity index (χ0) is 19.4. The van der Waals surface area contributed by atoms with Crippen molar-refractivity contribution in [2.45, 2.75) is 34.9 Å². The highest BCUT2D eigenvalue weighted by Crippen LogP contribution is 2.52. The molecule has 0 bridgehead atoms. The molecule has 1 heterocycles. The Bertz CT molecular complexity index is 1020. The van der Waals surface area contributed by atoms with Crippen LogP contribution in [0.5, 0.6) is 0 Å². The van der Waals surface area contributed by atoms with Crippen molar-refractivity contribution in [3.63, 3.8) is 0 Å². The van der Waals surface area contributed by atoms with Crippen LogP contribution in [-0.2, 0) is 21.0 Å². The van der Waals surface area contributed by atoms with E-state index in [0.717, 1.165) is 21.3 Å². The van der Waals surface area contributed by atoms with Crippen molar-refractivity contribution in [1.82, 2.24) is 4.90 Å². The third-order valence-electron chi connectivity index (χ3n) is 5.70. The number of aryl methyl sites for hydroxylation is 1. The van der Waals surface area contributed by atoms with E-state index in [1.165, 1.54) is 17.0 Å². The number of carboxylic acid groups (broad SMARTS) is 1. The molecule has 0 unspecified atom stereocenters. The molecule has 1 aliphatic heterocycles. The van der Waals surface area contributed by atoms with Gasteiger partial charge in [-0.15, -0.1) is 0 Å². The second-order valence-corrected chi connectivity index (χ2v) is 10.4. The van der Waals surface area contributed by atoms with E-state index in [4.69, 9.17) is 0 Å². The summed E-state index contributed by atoms with van der Waals surface area (Å²) < 4.78 is 40.6. The van der Waals surface area contributed by atoms with Crippen molar-refractivity contribution in [3.05, 3.63) is 63.0 Å². The van der Waals surface area contributed by atoms with Crippen LogP contribution in [0, 0.1) is 9.39 Å². The lowest BCUT2D eigenvalue weighted by Crippen LogP contribution is -2.51. The molecule has 8 heteroatoms. The summed E-state index contributed by atoms with van der Waals surface area (Å²) in [6.45, 7) is 0.159. The third kappa shape index (κ3) is 2.67. The van der Waals surface area contributed by atoms with Gasteiger partial charge in [-0.2, -0.15) is 0 Å². The first-order chi connectivity index (χ1) is 12.8. The van der Waals surface area contributed by atoms with Gasteiger partial charge in [0.05, 0.1) is 10.9 Å². The Morgan fingerprint density at radius 1 is 1.22 bits per heavy atom. The van der Waals surface area contributed by atoms with Crippen molar-refractivity contribution in [3.8, 4) is 0 Å². The number of rotatable bonds is 2. The van der Waals surface area contributed by atoms with Crippen molar-refractivity contribution in [2.75, 3.05) is 6.54 Å². The van der Waals surface area contributed by atoms with Crippen LogP contribution in [0.25, 0.3) is 0 Å². The fourth-order valence-electron chi connectivity index (χ4n) is 4.55. The van der Waals surface area contributed by atoms with E-state index in [-0.39, 0.29) is 17.9 Å². The minimum Gasteiger partial charge on any atom is -0.465 e. The Labute approximate surface area is 170 Å². The zero-order valence-corrected chi connectivity index (χ0v) is 17.2. The standard InChI is InChI=1S/C19H17FINO4S/c20-13-2-5-15(6-3-13)27(25,26)19-9-10-22(18(23)24)17(19)8-1-12-11-14(21)4-7-16(12)19/h2-7,11,17H,1,8-10H2,(H,23,24)/t17-,19-/m1/s1. The molecule has 0 saturated carbocycles. The SMILES string of the molecule is O=C(O)N1CC[C@@]2(S(=O)(=O)c3ccc(F)cc3)c3ccc(I)cc3CC[C@@H]12. The molecule has 27 heavy (non-hydrogen) atoms. The largest absolute Gasteiger partial charge is 0.465 e. The molecule has 2 aliphatic rings. The van der Waals surface area contributed by atoms with E-state index in [0.29, 0.717) is 18.4 Å². The molecule has 0 radical (unpaired) electrons. The van der Waals surface area contributed by atoms with Crippen LogP contribution >= 0.6 is 22.6 Å². The highest BCUT2D eigenvalue weighted by molar-refractivity contribution is 14.1. The van der Waals surface area contributed by atoms with Gasteiger partial charge < -0.3 is 10.0 Å². The lowest BCUT2D eigenvalue weighted by Gasteiger charge is -2.42. The Morgan fingerprint density at radius 2 is 1.93 bits per heavy atom. The molecule has 1 amide bonds. The van der Waals surface area contributed by atoms with Gasteiger partial charge >= 0.3 is 6.09 Å². The first-order valence-electron chi connectivity index (χ1n) is 8.56. The smallest absolute Gasteiger partial charge is 0.407 e. The van der Waals surface area contributed by atoms with Crippen LogP contribution < -0.4 is 0 Å². The van der Waals surface area contributed by atoms with Gasteiger partial charge in [-0.1, -0.05) is 6.07 Å². The average molecular weight is 501 g/mol. The summed E-state index contributed by atoms with van der Waals surface area (Å²) >= 11 is 2.19. The fourth-order valence-corrected chi connectivity index (χ4v) is 7.47. The summed E-state index contributed by atoms with van der Waals surface area (Å²) in [6.07, 6.45) is 0.156. The molecular formula is C19H17FINO4S. The number of benzene rings is 2. The predicted molar refractivity (Wildman–Crippen MR) is 106 cm³/mol. The van der Waals surface area contributed by atoms with Crippen molar-refractivity contribution < 1.29 is 22.7 Å². The van der Waals surface area contributed by atoms with Crippen LogP contribution in [-0.4, -0.2) is 37.1 Å². The highest BCUT2D eigenvalue weighted by Gasteiger charge is 2.60. The molecular weight excluding hydrogens is 484 g/mol. The number of hydrogen-bond acceptors (Lipinski definition) is 3. The molecule has 1 aliphatic carbocycles. The van der Waals surface area contributed by atoms with E-state index in [2.05, 4.69) is 22.6 Å². The summed E-state index contributed by atoms with van der Waals surface area (Å²) in [4.78, 5) is 13.0. The van der Waals surface area contributed by atoms with Gasteiger partial charge in [0.25, 0.3) is 0 Å². The van der Waals surface area contributed by atoms with Gasteiger partial charge in [0.15, 0.2) is 9.84 Å². The number of sulfone groups is 1. The summed E-state index contributed by atoms with van der Waals surface area (Å²) in [5.41, 5.74) is 1.61. The minimum atomic E-state index is -3.94. The maximum absolute atomic E-state index is 13.8. The number of halogens is 2. The summed E-state index contributed by atoms with van der Waals surface area (Å²) in [7, 11) is -3.94. The van der Waals surface area contributed by atoms with Gasteiger partial charge in [-0.3, -0.25) is 0 Å². The van der Waals surface area contributed by atoms with Crippen molar-refractivity contribution in [1.29, 1.82) is 0 Å². The lowest BCUT2D eigenvalue weighted by molar-refractivity contribution is 0.132. The maximum atomic E-state index is 13.8. The Balaban J connectivity index is 1.98. The van der Waals surface area contributed by atoms with Crippen molar-refractivity contribution >= 4 is 38.5 Å². The van der Waals surface area contributed by atoms with E-state index in [9.17, 15) is 22.7 Å². The maximum Gasteiger partial charge on any atom is 0.407 e. The number of carbonyl (C=O) groups is 1. The number of hydrogen-bond donors (Lipinski definition) is 1. The second-order valence-electron chi connectivity index (χ2n) is 6.93. The molecule has 2 atom stereocenters. The second kappa shape index (κ2) is 6.44. The monoisotopic (exact) mass is 501 g/mol. The molecule has 1 fully saturated rings. The van der Waals surface area contributed by atoms with Crippen LogP contribution in [0.1, 0.15) is 24.0 Å². The Hall–Kier alpha value is -1.68. The number of amides is 1. The van der Waals surface area contributed by atoms with Crippen LogP contribution in [0.3, 0.4) is 0 Å². The first-order valence-corrected chi connectivity index (χ1v) is 11.1. The predicted octanol–water partition coefficient (Wildman–Crippen LogP) is 3.80. The average Bonchev–Trinajstić information content (AvgIpc) is 3.03. The number of fused-ring (bicyclic) bond motifs is 3. The first kappa shape index (κ1) is 18.7. The number of nitrogens with zero attached hydrogens (tertiary/aromatic N) is 1. The molecule has 0 aromatic heterocycles. The Kier molecular flexibility index (Phi) is 4.45. The lowest BCUT2D eigenvalue weighted by atomic mass is 9.78. The van der Waals surface area contributed by atoms with E-state index in [1.807, 2.05) is 18.2 Å². The van der Waals surface area contributed by atoms with Gasteiger partial charge in [0, 0.05) is 10.1 Å².